The zero-order valence-corrected chi connectivity index (χ0v) is 18.6. The summed E-state index contributed by atoms with van der Waals surface area (Å²) in [7, 11) is 5.83. The number of rotatable bonds is 6. The number of ketones is 1. The van der Waals surface area contributed by atoms with Crippen LogP contribution in [0, 0.1) is 52.8 Å². The smallest absolute Gasteiger partial charge is 0.128 e. The highest BCUT2D eigenvalue weighted by Gasteiger charge is 2.66. The van der Waals surface area contributed by atoms with E-state index in [1.54, 1.807) is 0 Å². The molecule has 3 saturated carbocycles. The van der Waals surface area contributed by atoms with Crippen molar-refractivity contribution in [2.75, 3.05) is 0 Å². The Kier molecular flexibility index (Phi) is 7.48. The molecule has 9 atom stereocenters. The molecule has 150 valence electrons. The van der Waals surface area contributed by atoms with E-state index in [1.807, 2.05) is 13.8 Å². The second-order valence-electron chi connectivity index (χ2n) is 9.78. The SMILES string of the molecule is CC.[B]CC(=O)C1C2C(C)C2C[C@H]2[C@H](C)C([C@H](C)CCCC)CC[C@]12C.[HH]. The van der Waals surface area contributed by atoms with E-state index in [2.05, 4.69) is 34.6 Å². The summed E-state index contributed by atoms with van der Waals surface area (Å²) in [6, 6.07) is 0. The maximum absolute atomic E-state index is 12.7. The van der Waals surface area contributed by atoms with Gasteiger partial charge in [-0.2, -0.15) is 0 Å². The molecular weight excluding hydrogens is 315 g/mol. The first-order valence-corrected chi connectivity index (χ1v) is 11.6. The molecule has 0 aliphatic heterocycles. The first-order valence-electron chi connectivity index (χ1n) is 11.6. The van der Waals surface area contributed by atoms with Gasteiger partial charge in [-0.15, -0.1) is 0 Å². The summed E-state index contributed by atoms with van der Waals surface area (Å²) in [4.78, 5) is 12.7. The van der Waals surface area contributed by atoms with Crippen LogP contribution in [0.1, 0.15) is 88.4 Å². The molecule has 3 rings (SSSR count). The standard InChI is InChI=1S/C22H37BO.C2H6.H2/c1-6-7-8-13(2)16-9-10-22(5)18(14(16)3)11-17-15(4)20(17)21(22)19(24)12-23;1-2;/h13-18,20-21H,6-12H2,1-5H3;1-2H3;1H/t13-,14-,15?,16?,17?,18+,20?,21?,22+;;/m1../s1. The van der Waals surface area contributed by atoms with Crippen molar-refractivity contribution in [2.45, 2.75) is 93.3 Å². The van der Waals surface area contributed by atoms with Crippen molar-refractivity contribution < 1.29 is 6.22 Å². The lowest BCUT2D eigenvalue weighted by molar-refractivity contribution is -0.137. The van der Waals surface area contributed by atoms with Crippen molar-refractivity contribution in [1.29, 1.82) is 0 Å². The fourth-order valence-corrected chi connectivity index (χ4v) is 7.18. The maximum Gasteiger partial charge on any atom is 0.128 e. The number of hydrogen-bond donors (Lipinski definition) is 0. The van der Waals surface area contributed by atoms with Crippen LogP contribution in [0.25, 0.3) is 0 Å². The first kappa shape index (κ1) is 22.0. The average Bonchev–Trinajstić information content (AvgIpc) is 3.28. The largest absolute Gasteiger partial charge is 0.300 e. The molecule has 0 spiro atoms. The molecule has 1 nitrogen and oxygen atoms in total. The van der Waals surface area contributed by atoms with Gasteiger partial charge in [0.2, 0.25) is 0 Å². The van der Waals surface area contributed by atoms with Crippen molar-refractivity contribution >= 4 is 13.6 Å². The Balaban J connectivity index is 0.00000118. The van der Waals surface area contributed by atoms with Crippen molar-refractivity contribution in [3.63, 3.8) is 0 Å². The highest BCUT2D eigenvalue weighted by atomic mass is 16.1. The third kappa shape index (κ3) is 3.68. The molecule has 0 bridgehead atoms. The number of fused-ring (bicyclic) bond motifs is 2. The Morgan fingerprint density at radius 3 is 2.50 bits per heavy atom. The van der Waals surface area contributed by atoms with Gasteiger partial charge in [0.05, 0.1) is 7.85 Å². The third-order valence-electron chi connectivity index (χ3n) is 8.72. The number of carbonyl (C=O) groups excluding carboxylic acids is 1. The van der Waals surface area contributed by atoms with E-state index >= 15 is 0 Å². The van der Waals surface area contributed by atoms with Crippen LogP contribution in [-0.2, 0) is 4.79 Å². The fraction of sp³-hybridized carbons (Fsp3) is 0.958. The van der Waals surface area contributed by atoms with Crippen molar-refractivity contribution in [3.8, 4) is 0 Å². The zero-order chi connectivity index (χ0) is 19.6. The van der Waals surface area contributed by atoms with Crippen LogP contribution in [-0.4, -0.2) is 13.6 Å². The first-order chi connectivity index (χ1) is 12.4. The molecule has 26 heavy (non-hydrogen) atoms. The van der Waals surface area contributed by atoms with E-state index in [0.29, 0.717) is 11.7 Å². The normalized spacial score (nSPS) is 44.8. The molecule has 3 aliphatic rings. The van der Waals surface area contributed by atoms with Crippen molar-refractivity contribution in [1.82, 2.24) is 0 Å². The highest BCUT2D eigenvalue weighted by molar-refractivity contribution is 6.20. The molecule has 2 radical (unpaired) electrons. The summed E-state index contributed by atoms with van der Waals surface area (Å²) in [6.45, 7) is 16.1. The summed E-state index contributed by atoms with van der Waals surface area (Å²) in [5, 5.41) is 0. The maximum atomic E-state index is 12.7. The molecule has 0 aromatic heterocycles. The Morgan fingerprint density at radius 1 is 1.27 bits per heavy atom. The van der Waals surface area contributed by atoms with E-state index < -0.39 is 0 Å². The van der Waals surface area contributed by atoms with Crippen LogP contribution in [0.4, 0.5) is 0 Å². The molecule has 2 heteroatoms. The van der Waals surface area contributed by atoms with E-state index in [0.717, 1.165) is 35.5 Å². The Labute approximate surface area is 166 Å². The number of hydrogen-bond acceptors (Lipinski definition) is 1. The lowest BCUT2D eigenvalue weighted by Crippen LogP contribution is -2.51. The second-order valence-corrected chi connectivity index (χ2v) is 9.78. The van der Waals surface area contributed by atoms with Crippen LogP contribution in [0.2, 0.25) is 6.32 Å². The summed E-state index contributed by atoms with van der Waals surface area (Å²) in [5.41, 5.74) is 0.211. The third-order valence-corrected chi connectivity index (χ3v) is 8.72. The number of Topliss-reactive ketones (excluding diaryl/α,β-unsaturated/α-hetero) is 1. The Bertz CT molecular complexity index is 481. The number of carbonyl (C=O) groups is 1. The van der Waals surface area contributed by atoms with Crippen LogP contribution < -0.4 is 0 Å². The van der Waals surface area contributed by atoms with Gasteiger partial charge in [0.15, 0.2) is 0 Å². The lowest BCUT2D eigenvalue weighted by Gasteiger charge is -2.56. The van der Waals surface area contributed by atoms with E-state index in [4.69, 9.17) is 7.85 Å². The predicted octanol–water partition coefficient (Wildman–Crippen LogP) is 6.81. The van der Waals surface area contributed by atoms with Crippen LogP contribution in [0.15, 0.2) is 0 Å². The number of unbranched alkanes of at least 4 members (excludes halogenated alkanes) is 1. The molecule has 0 N–H and O–H groups in total. The molecule has 0 saturated heterocycles. The van der Waals surface area contributed by atoms with Gasteiger partial charge in [0.1, 0.15) is 5.78 Å². The summed E-state index contributed by atoms with van der Waals surface area (Å²) >= 11 is 0. The molecule has 5 unspecified atom stereocenters. The fourth-order valence-electron chi connectivity index (χ4n) is 7.18. The lowest BCUT2D eigenvalue weighted by atomic mass is 9.48. The monoisotopic (exact) mass is 360 g/mol. The van der Waals surface area contributed by atoms with Crippen LogP contribution in [0.5, 0.6) is 0 Å². The quantitative estimate of drug-likeness (QED) is 0.475. The zero-order valence-electron chi connectivity index (χ0n) is 18.6. The van der Waals surface area contributed by atoms with Gasteiger partial charge in [-0.1, -0.05) is 67.7 Å². The summed E-state index contributed by atoms with van der Waals surface area (Å²) in [6.07, 6.45) is 8.23. The second kappa shape index (κ2) is 8.83. The minimum absolute atomic E-state index is 0. The Hall–Kier alpha value is -0.265. The summed E-state index contributed by atoms with van der Waals surface area (Å²) < 4.78 is 0. The van der Waals surface area contributed by atoms with Crippen LogP contribution in [0.3, 0.4) is 0 Å². The molecule has 0 amide bonds. The van der Waals surface area contributed by atoms with E-state index in [9.17, 15) is 4.79 Å². The van der Waals surface area contributed by atoms with Gasteiger partial charge >= 0.3 is 0 Å². The molecule has 0 heterocycles. The minimum atomic E-state index is 0. The molecule has 3 fully saturated rings. The highest BCUT2D eigenvalue weighted by Crippen LogP contribution is 2.70. The van der Waals surface area contributed by atoms with Gasteiger partial charge in [0, 0.05) is 7.34 Å². The van der Waals surface area contributed by atoms with Gasteiger partial charge in [-0.3, -0.25) is 0 Å². The van der Waals surface area contributed by atoms with Crippen molar-refractivity contribution in [2.24, 2.45) is 52.8 Å². The molecule has 0 aromatic carbocycles. The van der Waals surface area contributed by atoms with Crippen LogP contribution >= 0.6 is 0 Å². The summed E-state index contributed by atoms with van der Waals surface area (Å²) in [5.74, 6) is 5.97. The van der Waals surface area contributed by atoms with Gasteiger partial charge in [-0.25, -0.2) is 0 Å². The average molecular weight is 360 g/mol. The topological polar surface area (TPSA) is 17.1 Å². The molecule has 0 aromatic rings. The van der Waals surface area contributed by atoms with Crippen molar-refractivity contribution in [3.05, 3.63) is 0 Å². The van der Waals surface area contributed by atoms with E-state index in [1.165, 1.54) is 38.5 Å². The predicted molar refractivity (Wildman–Crippen MR) is 115 cm³/mol. The minimum Gasteiger partial charge on any atom is -0.300 e. The van der Waals surface area contributed by atoms with Gasteiger partial charge < -0.3 is 4.79 Å². The molecule has 3 aliphatic carbocycles. The molecular formula is C24H45BO. The van der Waals surface area contributed by atoms with E-state index in [-0.39, 0.29) is 19.1 Å². The Morgan fingerprint density at radius 2 is 1.92 bits per heavy atom. The van der Waals surface area contributed by atoms with Gasteiger partial charge in [0.25, 0.3) is 0 Å². The van der Waals surface area contributed by atoms with Gasteiger partial charge in [-0.05, 0) is 72.4 Å².